The van der Waals surface area contributed by atoms with Crippen LogP contribution in [0.15, 0.2) is 0 Å². The molecule has 2 aliphatic heterocycles. The van der Waals surface area contributed by atoms with E-state index in [9.17, 15) is 24.9 Å². The number of carbonyl (C=O) groups excluding carboxylic acids is 2. The van der Waals surface area contributed by atoms with Crippen LogP contribution in [0.3, 0.4) is 0 Å². The molecule has 0 aromatic rings. The van der Waals surface area contributed by atoms with Crippen molar-refractivity contribution in [3.8, 4) is 0 Å². The fourth-order valence-electron chi connectivity index (χ4n) is 7.77. The Kier molecular flexibility index (Phi) is 3.55. The minimum Gasteiger partial charge on any atom is -0.461 e. The molecule has 5 fully saturated rings. The van der Waals surface area contributed by atoms with Gasteiger partial charge in [-0.1, -0.05) is 13.8 Å². The zero-order valence-electron chi connectivity index (χ0n) is 15.8. The first-order valence-corrected chi connectivity index (χ1v) is 10.0. The quantitative estimate of drug-likeness (QED) is 0.441. The van der Waals surface area contributed by atoms with E-state index in [-0.39, 0.29) is 36.2 Å². The normalized spacial score (nSPS) is 55.5. The summed E-state index contributed by atoms with van der Waals surface area (Å²) in [6.07, 6.45) is -0.238. The van der Waals surface area contributed by atoms with Crippen LogP contribution in [0, 0.1) is 39.9 Å². The fourth-order valence-corrected chi connectivity index (χ4v) is 7.77. The van der Waals surface area contributed by atoms with E-state index in [0.717, 1.165) is 6.42 Å². The van der Waals surface area contributed by atoms with Crippen LogP contribution in [0.5, 0.6) is 0 Å². The number of fused-ring (bicyclic) bond motifs is 1. The Bertz CT molecular complexity index is 704. The molecule has 0 aromatic carbocycles. The summed E-state index contributed by atoms with van der Waals surface area (Å²) in [5, 5.41) is 31.7. The van der Waals surface area contributed by atoms with Crippen LogP contribution in [0.2, 0.25) is 0 Å². The van der Waals surface area contributed by atoms with Crippen molar-refractivity contribution in [1.29, 1.82) is 0 Å². The second-order valence-electron chi connectivity index (χ2n) is 10.1. The van der Waals surface area contributed by atoms with E-state index in [4.69, 9.17) is 9.47 Å². The maximum absolute atomic E-state index is 13.4. The van der Waals surface area contributed by atoms with E-state index < -0.39 is 47.1 Å². The van der Waals surface area contributed by atoms with Gasteiger partial charge in [-0.15, -0.1) is 0 Å². The van der Waals surface area contributed by atoms with Crippen LogP contribution in [0.1, 0.15) is 39.5 Å². The van der Waals surface area contributed by atoms with Crippen LogP contribution in [0.4, 0.5) is 0 Å². The average molecular weight is 380 g/mol. The van der Waals surface area contributed by atoms with Crippen LogP contribution in [0.25, 0.3) is 0 Å². The average Bonchev–Trinajstić information content (AvgIpc) is 3.05. The second kappa shape index (κ2) is 5.32. The summed E-state index contributed by atoms with van der Waals surface area (Å²) in [5.41, 5.74) is -2.48. The summed E-state index contributed by atoms with van der Waals surface area (Å²) in [4.78, 5) is 26.5. The smallest absolute Gasteiger partial charge is 0.320 e. The highest BCUT2D eigenvalue weighted by atomic mass is 16.6. The molecule has 2 spiro atoms. The number of ether oxygens (including phenoxy) is 2. The highest BCUT2D eigenvalue weighted by Crippen LogP contribution is 2.71. The molecule has 7 nitrogen and oxygen atoms in total. The van der Waals surface area contributed by atoms with Crippen LogP contribution in [-0.2, 0) is 19.1 Å². The van der Waals surface area contributed by atoms with E-state index in [1.165, 1.54) is 0 Å². The van der Waals surface area contributed by atoms with Crippen molar-refractivity contribution < 1.29 is 34.4 Å². The van der Waals surface area contributed by atoms with Gasteiger partial charge in [-0.2, -0.15) is 0 Å². The molecule has 0 radical (unpaired) electrons. The van der Waals surface area contributed by atoms with Crippen molar-refractivity contribution in [2.45, 2.75) is 58.0 Å². The number of rotatable bonds is 1. The Balaban J connectivity index is 1.72. The lowest BCUT2D eigenvalue weighted by Gasteiger charge is -2.62. The number of ketones is 1. The molecular weight excluding hydrogens is 352 g/mol. The van der Waals surface area contributed by atoms with E-state index in [1.807, 2.05) is 0 Å². The molecule has 9 atom stereocenters. The number of carbonyl (C=O) groups is 2. The van der Waals surface area contributed by atoms with Crippen molar-refractivity contribution in [2.24, 2.45) is 39.9 Å². The Labute approximate surface area is 158 Å². The second-order valence-corrected chi connectivity index (χ2v) is 10.1. The van der Waals surface area contributed by atoms with E-state index in [1.54, 1.807) is 0 Å². The van der Waals surface area contributed by atoms with Gasteiger partial charge >= 0.3 is 5.97 Å². The highest BCUT2D eigenvalue weighted by Gasteiger charge is 2.79. The lowest BCUT2D eigenvalue weighted by molar-refractivity contribution is -0.251. The number of esters is 1. The predicted molar refractivity (Wildman–Crippen MR) is 91.0 cm³/mol. The highest BCUT2D eigenvalue weighted by molar-refractivity contribution is 6.08. The van der Waals surface area contributed by atoms with Crippen molar-refractivity contribution in [2.75, 3.05) is 13.2 Å². The molecule has 150 valence electrons. The molecule has 5 rings (SSSR count). The van der Waals surface area contributed by atoms with Crippen LogP contribution in [-0.4, -0.2) is 58.8 Å². The summed E-state index contributed by atoms with van der Waals surface area (Å²) < 4.78 is 11.6. The summed E-state index contributed by atoms with van der Waals surface area (Å²) in [5.74, 6) is -2.65. The van der Waals surface area contributed by atoms with Crippen molar-refractivity contribution in [3.63, 3.8) is 0 Å². The molecule has 3 saturated carbocycles. The van der Waals surface area contributed by atoms with Gasteiger partial charge in [-0.3, -0.25) is 9.59 Å². The van der Waals surface area contributed by atoms with E-state index >= 15 is 0 Å². The Hall–Kier alpha value is -1.02. The summed E-state index contributed by atoms with van der Waals surface area (Å²) >= 11 is 0. The molecule has 0 unspecified atom stereocenters. The number of Topliss-reactive ketones (excluding diaryl/α,β-unsaturated/α-hetero) is 1. The molecule has 0 aromatic heterocycles. The van der Waals surface area contributed by atoms with Crippen molar-refractivity contribution in [3.05, 3.63) is 0 Å². The van der Waals surface area contributed by atoms with Crippen molar-refractivity contribution >= 4 is 11.8 Å². The number of hydrogen-bond acceptors (Lipinski definition) is 7. The van der Waals surface area contributed by atoms with Gasteiger partial charge in [0.15, 0.2) is 12.1 Å². The molecule has 7 heteroatoms. The maximum Gasteiger partial charge on any atom is 0.320 e. The summed E-state index contributed by atoms with van der Waals surface area (Å²) in [6, 6.07) is 0. The summed E-state index contributed by atoms with van der Waals surface area (Å²) in [7, 11) is 0. The molecule has 2 saturated heterocycles. The van der Waals surface area contributed by atoms with Gasteiger partial charge in [0.2, 0.25) is 0 Å². The molecule has 0 amide bonds. The Morgan fingerprint density at radius 2 is 1.93 bits per heavy atom. The van der Waals surface area contributed by atoms with E-state index in [2.05, 4.69) is 13.8 Å². The third-order valence-corrected chi connectivity index (χ3v) is 8.64. The summed E-state index contributed by atoms with van der Waals surface area (Å²) in [6.45, 7) is 4.00. The third-order valence-electron chi connectivity index (χ3n) is 8.64. The first kappa shape index (κ1) is 18.0. The number of hydrogen-bond donors (Lipinski definition) is 3. The molecule has 3 N–H and O–H groups in total. The fraction of sp³-hybridized carbons (Fsp3) is 0.900. The van der Waals surface area contributed by atoms with Gasteiger partial charge in [0.25, 0.3) is 0 Å². The molecule has 5 aliphatic rings. The number of aliphatic hydroxyl groups is 3. The lowest BCUT2D eigenvalue weighted by atomic mass is 9.43. The largest absolute Gasteiger partial charge is 0.461 e. The molecular formula is C20H28O7. The van der Waals surface area contributed by atoms with Gasteiger partial charge in [-0.25, -0.2) is 0 Å². The minimum atomic E-state index is -1.43. The maximum atomic E-state index is 13.4. The zero-order valence-corrected chi connectivity index (χ0v) is 15.8. The molecule has 3 aliphatic carbocycles. The van der Waals surface area contributed by atoms with Gasteiger partial charge in [-0.05, 0) is 37.0 Å². The van der Waals surface area contributed by atoms with Gasteiger partial charge in [0, 0.05) is 23.2 Å². The van der Waals surface area contributed by atoms with Gasteiger partial charge in [0.1, 0.15) is 11.5 Å². The number of aliphatic hydroxyl groups excluding tert-OH is 3. The Morgan fingerprint density at radius 3 is 2.63 bits per heavy atom. The minimum absolute atomic E-state index is 0.172. The zero-order chi connectivity index (χ0) is 19.4. The molecule has 27 heavy (non-hydrogen) atoms. The molecule has 2 heterocycles. The Morgan fingerprint density at radius 1 is 1.19 bits per heavy atom. The predicted octanol–water partition coefficient (Wildman–Crippen LogP) is 0.248. The van der Waals surface area contributed by atoms with E-state index in [0.29, 0.717) is 19.3 Å². The monoisotopic (exact) mass is 380 g/mol. The molecule has 2 bridgehead atoms. The van der Waals surface area contributed by atoms with Gasteiger partial charge in [0.05, 0.1) is 19.3 Å². The lowest BCUT2D eigenvalue weighted by Crippen LogP contribution is -2.70. The van der Waals surface area contributed by atoms with Crippen molar-refractivity contribution in [1.82, 2.24) is 0 Å². The third kappa shape index (κ3) is 1.87. The standard InChI is InChI=1S/C20H28O7/c1-18(2)4-3-12-20(8-26-16(24)14(18)20)13-11(22)5-9-6-19(13,17(25)27-12)15(23)10(9)7-21/h9-14,16,21-22,24H,3-8H2,1-2H3/t9-,10+,11+,12+,13-,14-,16-,19+,20+/m1/s1. The van der Waals surface area contributed by atoms with Gasteiger partial charge < -0.3 is 24.8 Å². The first-order valence-electron chi connectivity index (χ1n) is 10.0. The topological polar surface area (TPSA) is 113 Å². The first-order chi connectivity index (χ1) is 12.7. The van der Waals surface area contributed by atoms with Crippen LogP contribution >= 0.6 is 0 Å². The van der Waals surface area contributed by atoms with Crippen LogP contribution < -0.4 is 0 Å². The SMILES string of the molecule is CC1(C)CC[C@@H]2OC(=O)[C@@]34C[C@@H](C[C@H](O)[C@H]3[C@]23CO[C@@H](O)[C@H]13)[C@H](CO)C4=O.